The molecule has 4 rings (SSSR count). The molecule has 0 radical (unpaired) electrons. The highest BCUT2D eigenvalue weighted by molar-refractivity contribution is 6.30. The van der Waals surface area contributed by atoms with Gasteiger partial charge in [0.05, 0.1) is 16.1 Å². The number of likely N-dealkylation sites (N-methyl/N-ethyl adjacent to an activating group) is 1. The fraction of sp³-hybridized carbons (Fsp3) is 0.182. The quantitative estimate of drug-likeness (QED) is 0.367. The van der Waals surface area contributed by atoms with E-state index in [0.29, 0.717) is 23.2 Å². The van der Waals surface area contributed by atoms with E-state index in [1.165, 1.54) is 0 Å². The van der Waals surface area contributed by atoms with Crippen LogP contribution in [-0.2, 0) is 13.1 Å². The summed E-state index contributed by atoms with van der Waals surface area (Å²) in [6, 6.07) is 17.1. The van der Waals surface area contributed by atoms with Gasteiger partial charge in [-0.3, -0.25) is 0 Å². The molecule has 0 spiro atoms. The number of pyridine rings is 1. The van der Waals surface area contributed by atoms with Gasteiger partial charge < -0.3 is 25.7 Å². The third-order valence-corrected chi connectivity index (χ3v) is 4.88. The van der Waals surface area contributed by atoms with Gasteiger partial charge >= 0.3 is 0 Å². The van der Waals surface area contributed by atoms with Crippen molar-refractivity contribution in [1.29, 1.82) is 0 Å². The molecular formula is C22H23ClN6O. The van der Waals surface area contributed by atoms with Crippen LogP contribution in [0.2, 0.25) is 5.02 Å². The molecule has 0 unspecified atom stereocenters. The van der Waals surface area contributed by atoms with Crippen LogP contribution >= 0.6 is 11.6 Å². The zero-order valence-electron chi connectivity index (χ0n) is 16.6. The van der Waals surface area contributed by atoms with Crippen molar-refractivity contribution >= 4 is 34.3 Å². The van der Waals surface area contributed by atoms with Gasteiger partial charge in [-0.1, -0.05) is 23.7 Å². The topological polar surface area (TPSA) is 90.0 Å². The standard InChI is InChI=1S/C22H23ClN6O/c1-25-10-11-29-20-12-17(24)5-8-19(20)28-22(29)27-13-15-2-6-18(7-3-15)30-21-9-4-16(23)14-26-21/h2-9,12,14,25H,10-11,13,24H2,1H3,(H,27,28). The molecule has 0 saturated heterocycles. The summed E-state index contributed by atoms with van der Waals surface area (Å²) in [6.45, 7) is 2.26. The Labute approximate surface area is 179 Å². The number of imidazole rings is 1. The lowest BCUT2D eigenvalue weighted by atomic mass is 10.2. The van der Waals surface area contributed by atoms with Crippen LogP contribution in [0.5, 0.6) is 11.6 Å². The number of aromatic nitrogens is 3. The zero-order valence-corrected chi connectivity index (χ0v) is 17.4. The SMILES string of the molecule is CNCCn1c(NCc2ccc(Oc3ccc(Cl)cn3)cc2)nc2ccc(N)cc21. The molecule has 0 bridgehead atoms. The molecule has 154 valence electrons. The Morgan fingerprint density at radius 3 is 2.67 bits per heavy atom. The van der Waals surface area contributed by atoms with Gasteiger partial charge in [0.2, 0.25) is 11.8 Å². The third-order valence-electron chi connectivity index (χ3n) is 4.65. The van der Waals surface area contributed by atoms with E-state index in [1.54, 1.807) is 18.3 Å². The first-order valence-corrected chi connectivity index (χ1v) is 10.0. The third kappa shape index (κ3) is 4.64. The molecule has 0 aliphatic rings. The van der Waals surface area contributed by atoms with E-state index in [0.717, 1.165) is 41.3 Å². The van der Waals surface area contributed by atoms with Gasteiger partial charge in [-0.15, -0.1) is 0 Å². The summed E-state index contributed by atoms with van der Waals surface area (Å²) in [5, 5.41) is 7.20. The number of benzene rings is 2. The number of rotatable bonds is 8. The second-order valence-electron chi connectivity index (χ2n) is 6.85. The summed E-state index contributed by atoms with van der Waals surface area (Å²) in [6.07, 6.45) is 1.56. The van der Waals surface area contributed by atoms with E-state index >= 15 is 0 Å². The molecule has 0 atom stereocenters. The number of ether oxygens (including phenoxy) is 1. The van der Waals surface area contributed by atoms with Gasteiger partial charge in [-0.25, -0.2) is 9.97 Å². The van der Waals surface area contributed by atoms with Gasteiger partial charge in [0.25, 0.3) is 0 Å². The number of halogens is 1. The Morgan fingerprint density at radius 1 is 1.10 bits per heavy atom. The van der Waals surface area contributed by atoms with E-state index in [-0.39, 0.29) is 0 Å². The number of hydrogen-bond donors (Lipinski definition) is 3. The molecule has 0 fully saturated rings. The Morgan fingerprint density at radius 2 is 1.93 bits per heavy atom. The lowest BCUT2D eigenvalue weighted by Gasteiger charge is -2.11. The van der Waals surface area contributed by atoms with E-state index in [2.05, 4.69) is 20.2 Å². The molecule has 4 aromatic rings. The number of nitrogens with one attached hydrogen (secondary N) is 2. The average Bonchev–Trinajstić information content (AvgIpc) is 3.10. The number of nitrogens with zero attached hydrogens (tertiary/aromatic N) is 3. The van der Waals surface area contributed by atoms with Gasteiger partial charge in [-0.05, 0) is 49.0 Å². The summed E-state index contributed by atoms with van der Waals surface area (Å²) >= 11 is 5.85. The monoisotopic (exact) mass is 422 g/mol. The minimum atomic E-state index is 0.503. The molecule has 4 N–H and O–H groups in total. The van der Waals surface area contributed by atoms with Crippen LogP contribution in [0, 0.1) is 0 Å². The van der Waals surface area contributed by atoms with Crippen LogP contribution in [0.1, 0.15) is 5.56 Å². The van der Waals surface area contributed by atoms with Crippen molar-refractivity contribution in [1.82, 2.24) is 19.9 Å². The van der Waals surface area contributed by atoms with Crippen molar-refractivity contribution in [3.05, 3.63) is 71.4 Å². The van der Waals surface area contributed by atoms with Crippen LogP contribution in [0.15, 0.2) is 60.8 Å². The van der Waals surface area contributed by atoms with Crippen molar-refractivity contribution in [3.63, 3.8) is 0 Å². The van der Waals surface area contributed by atoms with Gasteiger partial charge in [0, 0.05) is 37.6 Å². The zero-order chi connectivity index (χ0) is 20.9. The number of anilines is 2. The average molecular weight is 423 g/mol. The number of nitrogen functional groups attached to an aromatic ring is 1. The van der Waals surface area contributed by atoms with Crippen LogP contribution in [0.4, 0.5) is 11.6 Å². The predicted molar refractivity (Wildman–Crippen MR) is 121 cm³/mol. The molecule has 8 heteroatoms. The van der Waals surface area contributed by atoms with Crippen LogP contribution in [-0.4, -0.2) is 28.1 Å². The first-order valence-electron chi connectivity index (χ1n) is 9.65. The highest BCUT2D eigenvalue weighted by Crippen LogP contribution is 2.24. The fourth-order valence-corrected chi connectivity index (χ4v) is 3.24. The van der Waals surface area contributed by atoms with Crippen molar-refractivity contribution < 1.29 is 4.74 Å². The van der Waals surface area contributed by atoms with E-state index < -0.39 is 0 Å². The summed E-state index contributed by atoms with van der Waals surface area (Å²) < 4.78 is 7.88. The molecule has 0 aliphatic carbocycles. The molecule has 0 aliphatic heterocycles. The number of fused-ring (bicyclic) bond motifs is 1. The molecule has 30 heavy (non-hydrogen) atoms. The van der Waals surface area contributed by atoms with E-state index in [4.69, 9.17) is 27.1 Å². The van der Waals surface area contributed by atoms with Crippen LogP contribution < -0.4 is 21.1 Å². The normalized spacial score (nSPS) is 11.0. The maximum absolute atomic E-state index is 5.97. The van der Waals surface area contributed by atoms with Gasteiger partial charge in [-0.2, -0.15) is 0 Å². The molecule has 7 nitrogen and oxygen atoms in total. The Hall–Kier alpha value is -3.29. The Balaban J connectivity index is 1.46. The number of nitrogens with two attached hydrogens (primary N) is 1. The highest BCUT2D eigenvalue weighted by Gasteiger charge is 2.11. The van der Waals surface area contributed by atoms with Crippen molar-refractivity contribution in [2.45, 2.75) is 13.1 Å². The Bertz CT molecular complexity index is 1130. The first-order chi connectivity index (χ1) is 14.6. The largest absolute Gasteiger partial charge is 0.439 e. The summed E-state index contributed by atoms with van der Waals surface area (Å²) in [4.78, 5) is 8.87. The van der Waals surface area contributed by atoms with Crippen molar-refractivity contribution in [2.75, 3.05) is 24.6 Å². The van der Waals surface area contributed by atoms with Gasteiger partial charge in [0.1, 0.15) is 5.75 Å². The van der Waals surface area contributed by atoms with E-state index in [1.807, 2.05) is 49.5 Å². The molecule has 2 heterocycles. The molecule has 0 saturated carbocycles. The minimum Gasteiger partial charge on any atom is -0.439 e. The molecular weight excluding hydrogens is 400 g/mol. The van der Waals surface area contributed by atoms with Gasteiger partial charge in [0.15, 0.2) is 0 Å². The Kier molecular flexibility index (Phi) is 6.02. The summed E-state index contributed by atoms with van der Waals surface area (Å²) in [7, 11) is 1.93. The van der Waals surface area contributed by atoms with Crippen LogP contribution in [0.3, 0.4) is 0 Å². The minimum absolute atomic E-state index is 0.503. The summed E-state index contributed by atoms with van der Waals surface area (Å²) in [5.41, 5.74) is 9.75. The first kappa shape index (κ1) is 20.0. The molecule has 0 amide bonds. The second-order valence-corrected chi connectivity index (χ2v) is 7.29. The summed E-state index contributed by atoms with van der Waals surface area (Å²) in [5.74, 6) is 2.03. The predicted octanol–water partition coefficient (Wildman–Crippen LogP) is 4.29. The van der Waals surface area contributed by atoms with E-state index in [9.17, 15) is 0 Å². The molecule has 2 aromatic carbocycles. The maximum atomic E-state index is 5.97. The second kappa shape index (κ2) is 9.02. The van der Waals surface area contributed by atoms with Crippen molar-refractivity contribution in [3.8, 4) is 11.6 Å². The highest BCUT2D eigenvalue weighted by atomic mass is 35.5. The van der Waals surface area contributed by atoms with Crippen LogP contribution in [0.25, 0.3) is 11.0 Å². The lowest BCUT2D eigenvalue weighted by Crippen LogP contribution is -2.17. The van der Waals surface area contributed by atoms with Crippen molar-refractivity contribution in [2.24, 2.45) is 0 Å². The fourth-order valence-electron chi connectivity index (χ4n) is 3.12. The molecule has 2 aromatic heterocycles. The maximum Gasteiger partial charge on any atom is 0.219 e. The lowest BCUT2D eigenvalue weighted by molar-refractivity contribution is 0.463. The number of hydrogen-bond acceptors (Lipinski definition) is 6. The smallest absolute Gasteiger partial charge is 0.219 e.